The van der Waals surface area contributed by atoms with Gasteiger partial charge in [-0.1, -0.05) is 6.07 Å². The summed E-state index contributed by atoms with van der Waals surface area (Å²) in [5.74, 6) is -1.11. The highest BCUT2D eigenvalue weighted by Crippen LogP contribution is 2.35. The fraction of sp³-hybridized carbons (Fsp3) is 0.188. The summed E-state index contributed by atoms with van der Waals surface area (Å²) >= 11 is 0. The molecule has 0 atom stereocenters. The quantitative estimate of drug-likeness (QED) is 0.160. The second-order valence-corrected chi connectivity index (χ2v) is 9.26. The van der Waals surface area contributed by atoms with E-state index in [1.807, 2.05) is 0 Å². The van der Waals surface area contributed by atoms with Crippen LogP contribution in [0.15, 0.2) is 68.2 Å². The van der Waals surface area contributed by atoms with Gasteiger partial charge in [0.15, 0.2) is 11.5 Å². The number of rotatable bonds is 8. The Kier molecular flexibility index (Phi) is 7.89. The molecule has 2 heterocycles. The molecule has 0 aliphatic carbocycles. The van der Waals surface area contributed by atoms with E-state index in [4.69, 9.17) is 32.5 Å². The van der Waals surface area contributed by atoms with Crippen molar-refractivity contribution in [2.24, 2.45) is 0 Å². The van der Waals surface area contributed by atoms with Crippen molar-refractivity contribution in [3.8, 4) is 34.1 Å². The minimum absolute atomic E-state index is 0.00602. The molecule has 2 aromatic heterocycles. The minimum atomic E-state index is -0.849. The zero-order valence-electron chi connectivity index (χ0n) is 23.9. The lowest BCUT2D eigenvalue weighted by atomic mass is 10.0. The van der Waals surface area contributed by atoms with Gasteiger partial charge >= 0.3 is 17.9 Å². The molecule has 43 heavy (non-hydrogen) atoms. The van der Waals surface area contributed by atoms with Gasteiger partial charge < -0.3 is 32.5 Å². The van der Waals surface area contributed by atoms with Crippen LogP contribution in [0.4, 0.5) is 0 Å². The van der Waals surface area contributed by atoms with Crippen LogP contribution in [0.25, 0.3) is 33.1 Å². The van der Waals surface area contributed by atoms with E-state index in [9.17, 15) is 19.2 Å². The number of aryl methyl sites for hydroxylation is 1. The Labute approximate surface area is 244 Å². The van der Waals surface area contributed by atoms with Crippen LogP contribution in [0.5, 0.6) is 23.0 Å². The smallest absolute Gasteiger partial charge is 0.375 e. The molecule has 220 valence electrons. The van der Waals surface area contributed by atoms with Crippen molar-refractivity contribution in [2.45, 2.75) is 20.8 Å². The van der Waals surface area contributed by atoms with Crippen molar-refractivity contribution >= 4 is 39.8 Å². The Hall–Kier alpha value is -5.58. The van der Waals surface area contributed by atoms with Crippen LogP contribution in [0, 0.1) is 6.92 Å². The highest BCUT2D eigenvalue weighted by molar-refractivity contribution is 6.06. The van der Waals surface area contributed by atoms with Crippen molar-refractivity contribution in [1.29, 1.82) is 0 Å². The summed E-state index contributed by atoms with van der Waals surface area (Å²) in [5.41, 5.74) is 0.328. The maximum atomic E-state index is 13.7. The highest BCUT2D eigenvalue weighted by Gasteiger charge is 2.26. The topological polar surface area (TPSA) is 141 Å². The van der Waals surface area contributed by atoms with Gasteiger partial charge in [-0.25, -0.2) is 9.59 Å². The van der Waals surface area contributed by atoms with Crippen molar-refractivity contribution in [3.05, 3.63) is 81.9 Å². The first kappa shape index (κ1) is 28.9. The Morgan fingerprint density at radius 3 is 2.19 bits per heavy atom. The molecule has 0 N–H and O–H groups in total. The van der Waals surface area contributed by atoms with Gasteiger partial charge in [0, 0.05) is 18.4 Å². The van der Waals surface area contributed by atoms with Crippen LogP contribution >= 0.6 is 0 Å². The van der Waals surface area contributed by atoms with Gasteiger partial charge in [-0.15, -0.1) is 0 Å². The lowest BCUT2D eigenvalue weighted by Gasteiger charge is -2.13. The fourth-order valence-corrected chi connectivity index (χ4v) is 4.67. The summed E-state index contributed by atoms with van der Waals surface area (Å²) in [6.45, 7) is 4.54. The summed E-state index contributed by atoms with van der Waals surface area (Å²) in [4.78, 5) is 51.4. The summed E-state index contributed by atoms with van der Waals surface area (Å²) in [5, 5.41) is 0.520. The molecule has 0 unspecified atom stereocenters. The van der Waals surface area contributed by atoms with Gasteiger partial charge in [-0.05, 0) is 61.9 Å². The lowest BCUT2D eigenvalue weighted by molar-refractivity contribution is -0.131. The average molecular weight is 587 g/mol. The fourth-order valence-electron chi connectivity index (χ4n) is 4.67. The summed E-state index contributed by atoms with van der Waals surface area (Å²) < 4.78 is 38.2. The predicted octanol–water partition coefficient (Wildman–Crippen LogP) is 5.85. The van der Waals surface area contributed by atoms with E-state index in [0.29, 0.717) is 28.0 Å². The molecule has 0 saturated heterocycles. The first-order valence-corrected chi connectivity index (χ1v) is 13.1. The Bertz CT molecular complexity index is 1960. The second-order valence-electron chi connectivity index (χ2n) is 9.26. The highest BCUT2D eigenvalue weighted by atomic mass is 16.6. The standard InChI is InChI=1S/C32H26O11/c1-6-39-32(36)30-28(18-7-11-24(37-4)26(13-18)38-5)29(34)21-10-8-20(15-25(21)43-30)42-31(35)27-16(2)40-23-12-9-19(14-22(23)27)41-17(3)33/h7-15H,6H2,1-5H3. The molecule has 0 fully saturated rings. The Morgan fingerprint density at radius 1 is 0.767 bits per heavy atom. The van der Waals surface area contributed by atoms with E-state index >= 15 is 0 Å². The third kappa shape index (κ3) is 5.52. The van der Waals surface area contributed by atoms with Gasteiger partial charge in [0.2, 0.25) is 11.2 Å². The largest absolute Gasteiger partial charge is 0.493 e. The Balaban J connectivity index is 1.58. The van der Waals surface area contributed by atoms with Crippen LogP contribution in [-0.4, -0.2) is 38.7 Å². The van der Waals surface area contributed by atoms with Crippen molar-refractivity contribution in [2.75, 3.05) is 20.8 Å². The van der Waals surface area contributed by atoms with E-state index in [1.54, 1.807) is 44.2 Å². The number of carbonyl (C=O) groups is 3. The zero-order chi connectivity index (χ0) is 30.8. The number of carbonyl (C=O) groups excluding carboxylic acids is 3. The minimum Gasteiger partial charge on any atom is -0.493 e. The predicted molar refractivity (Wildman–Crippen MR) is 154 cm³/mol. The monoisotopic (exact) mass is 586 g/mol. The second kappa shape index (κ2) is 11.7. The average Bonchev–Trinajstić information content (AvgIpc) is 3.31. The summed E-state index contributed by atoms with van der Waals surface area (Å²) in [6.07, 6.45) is 0. The van der Waals surface area contributed by atoms with Crippen molar-refractivity contribution in [1.82, 2.24) is 0 Å². The molecule has 0 saturated carbocycles. The van der Waals surface area contributed by atoms with Crippen LogP contribution in [0.3, 0.4) is 0 Å². The van der Waals surface area contributed by atoms with Gasteiger partial charge in [-0.3, -0.25) is 9.59 Å². The molecular formula is C32H26O11. The molecule has 0 radical (unpaired) electrons. The Morgan fingerprint density at radius 2 is 1.49 bits per heavy atom. The van der Waals surface area contributed by atoms with E-state index in [1.165, 1.54) is 45.4 Å². The van der Waals surface area contributed by atoms with E-state index < -0.39 is 23.3 Å². The molecular weight excluding hydrogens is 560 g/mol. The number of hydrogen-bond donors (Lipinski definition) is 0. The maximum absolute atomic E-state index is 13.7. The number of furan rings is 1. The molecule has 0 amide bonds. The number of fused-ring (bicyclic) bond motifs is 2. The summed E-state index contributed by atoms with van der Waals surface area (Å²) in [7, 11) is 2.93. The summed E-state index contributed by atoms with van der Waals surface area (Å²) in [6, 6.07) is 13.6. The maximum Gasteiger partial charge on any atom is 0.375 e. The molecule has 11 heteroatoms. The normalized spacial score (nSPS) is 10.9. The van der Waals surface area contributed by atoms with Crippen LogP contribution in [-0.2, 0) is 9.53 Å². The van der Waals surface area contributed by atoms with Gasteiger partial charge in [0.1, 0.15) is 34.0 Å². The van der Waals surface area contributed by atoms with Crippen molar-refractivity contribution < 1.29 is 46.9 Å². The third-order valence-corrected chi connectivity index (χ3v) is 6.51. The zero-order valence-corrected chi connectivity index (χ0v) is 23.9. The number of benzene rings is 3. The van der Waals surface area contributed by atoms with Gasteiger partial charge in [-0.2, -0.15) is 0 Å². The van der Waals surface area contributed by atoms with Gasteiger partial charge in [0.25, 0.3) is 0 Å². The molecule has 0 spiro atoms. The molecule has 5 aromatic rings. The van der Waals surface area contributed by atoms with Crippen LogP contribution in [0.2, 0.25) is 0 Å². The van der Waals surface area contributed by atoms with E-state index in [0.717, 1.165) is 0 Å². The number of methoxy groups -OCH3 is 2. The molecule has 0 aliphatic rings. The molecule has 3 aromatic carbocycles. The first-order valence-electron chi connectivity index (χ1n) is 13.1. The molecule has 11 nitrogen and oxygen atoms in total. The first-order chi connectivity index (χ1) is 20.6. The number of hydrogen-bond acceptors (Lipinski definition) is 11. The van der Waals surface area contributed by atoms with Crippen LogP contribution in [0.1, 0.15) is 40.5 Å². The SMILES string of the molecule is CCOC(=O)c1oc2cc(OC(=O)c3c(C)oc4ccc(OC(C)=O)cc34)ccc2c(=O)c1-c1ccc(OC)c(OC)c1. The third-order valence-electron chi connectivity index (χ3n) is 6.51. The van der Waals surface area contributed by atoms with Crippen LogP contribution < -0.4 is 24.4 Å². The molecule has 5 rings (SSSR count). The molecule has 0 aliphatic heterocycles. The molecule has 0 bridgehead atoms. The number of esters is 3. The lowest BCUT2D eigenvalue weighted by Crippen LogP contribution is -2.15. The number of ether oxygens (including phenoxy) is 5. The van der Waals surface area contributed by atoms with E-state index in [2.05, 4.69) is 0 Å². The van der Waals surface area contributed by atoms with E-state index in [-0.39, 0.29) is 51.7 Å². The van der Waals surface area contributed by atoms with Gasteiger partial charge in [0.05, 0.1) is 31.8 Å². The van der Waals surface area contributed by atoms with Crippen molar-refractivity contribution in [3.63, 3.8) is 0 Å².